The molecule has 0 aromatic heterocycles. The van der Waals surface area contributed by atoms with E-state index in [1.54, 1.807) is 0 Å². The van der Waals surface area contributed by atoms with Gasteiger partial charge in [0.25, 0.3) is 0 Å². The fourth-order valence-corrected chi connectivity index (χ4v) is 5.76. The molecule has 0 aromatic carbocycles. The molecular formula is C32H47N3O10. The van der Waals surface area contributed by atoms with Crippen molar-refractivity contribution >= 4 is 36.1 Å². The van der Waals surface area contributed by atoms with Crippen LogP contribution in [0.3, 0.4) is 0 Å². The van der Waals surface area contributed by atoms with Crippen molar-refractivity contribution in [1.29, 1.82) is 0 Å². The van der Waals surface area contributed by atoms with E-state index < -0.39 is 55.8 Å². The molecule has 2 saturated carbocycles. The fourth-order valence-electron chi connectivity index (χ4n) is 5.76. The predicted molar refractivity (Wildman–Crippen MR) is 164 cm³/mol. The molecule has 13 heteroatoms. The van der Waals surface area contributed by atoms with Gasteiger partial charge < -0.3 is 24.3 Å². The highest BCUT2D eigenvalue weighted by Crippen LogP contribution is 2.51. The summed E-state index contributed by atoms with van der Waals surface area (Å²) in [4.78, 5) is 76.8. The first-order valence-electron chi connectivity index (χ1n) is 15.3. The number of carbonyl (C=O) groups is 6. The topological polar surface area (TPSA) is 158 Å². The van der Waals surface area contributed by atoms with Crippen LogP contribution in [0, 0.1) is 23.7 Å². The van der Waals surface area contributed by atoms with Crippen molar-refractivity contribution in [3.8, 4) is 0 Å². The summed E-state index contributed by atoms with van der Waals surface area (Å²) in [5.41, 5.74) is 0.408. The molecule has 2 aliphatic carbocycles. The van der Waals surface area contributed by atoms with Gasteiger partial charge in [0.2, 0.25) is 0 Å². The van der Waals surface area contributed by atoms with E-state index in [4.69, 9.17) is 18.9 Å². The van der Waals surface area contributed by atoms with Crippen molar-refractivity contribution < 1.29 is 47.7 Å². The van der Waals surface area contributed by atoms with Gasteiger partial charge in [-0.15, -0.1) is 0 Å². The largest absolute Gasteiger partial charge is 0.460 e. The van der Waals surface area contributed by atoms with E-state index >= 15 is 0 Å². The van der Waals surface area contributed by atoms with Gasteiger partial charge in [-0.25, -0.2) is 38.6 Å². The average molecular weight is 634 g/mol. The van der Waals surface area contributed by atoms with Crippen LogP contribution in [0.5, 0.6) is 0 Å². The predicted octanol–water partition coefficient (Wildman–Crippen LogP) is 4.38. The summed E-state index contributed by atoms with van der Waals surface area (Å²) in [6.45, 7) is 15.1. The van der Waals surface area contributed by atoms with Crippen LogP contribution in [0.15, 0.2) is 36.5 Å². The van der Waals surface area contributed by atoms with Crippen molar-refractivity contribution in [1.82, 2.24) is 15.1 Å². The lowest BCUT2D eigenvalue weighted by molar-refractivity contribution is -0.139. The van der Waals surface area contributed by atoms with E-state index in [9.17, 15) is 28.8 Å². The summed E-state index contributed by atoms with van der Waals surface area (Å²) in [5, 5.41) is 2.43. The summed E-state index contributed by atoms with van der Waals surface area (Å²) in [5.74, 6) is 0.236. The van der Waals surface area contributed by atoms with E-state index in [0.717, 1.165) is 6.42 Å². The van der Waals surface area contributed by atoms with Gasteiger partial charge in [-0.1, -0.05) is 33.1 Å². The van der Waals surface area contributed by atoms with Gasteiger partial charge >= 0.3 is 36.1 Å². The Balaban J connectivity index is 2.14. The number of urea groups is 2. The van der Waals surface area contributed by atoms with Gasteiger partial charge in [0.1, 0.15) is 19.8 Å². The smallest absolute Gasteiger partial charge is 0.418 e. The molecule has 0 heterocycles. The van der Waals surface area contributed by atoms with Crippen LogP contribution >= 0.6 is 0 Å². The van der Waals surface area contributed by atoms with E-state index in [2.05, 4.69) is 32.0 Å². The number of imide groups is 2. The summed E-state index contributed by atoms with van der Waals surface area (Å²) < 4.78 is 20.6. The minimum atomic E-state index is -1.10. The number of amides is 5. The highest BCUT2D eigenvalue weighted by Gasteiger charge is 2.43. The van der Waals surface area contributed by atoms with Gasteiger partial charge in [0.15, 0.2) is 0 Å². The minimum absolute atomic E-state index is 0.0747. The second kappa shape index (κ2) is 18.0. The van der Waals surface area contributed by atoms with Crippen molar-refractivity contribution in [2.45, 2.75) is 59.8 Å². The van der Waals surface area contributed by atoms with E-state index in [1.165, 1.54) is 40.0 Å². The van der Waals surface area contributed by atoms with Crippen LogP contribution in [0.25, 0.3) is 0 Å². The lowest BCUT2D eigenvalue weighted by Crippen LogP contribution is -2.54. The lowest BCUT2D eigenvalue weighted by atomic mass is 9.89. The third-order valence-corrected chi connectivity index (χ3v) is 8.03. The second-order valence-electron chi connectivity index (χ2n) is 11.7. The molecule has 2 fully saturated rings. The van der Waals surface area contributed by atoms with Gasteiger partial charge in [0.05, 0.1) is 26.2 Å². The number of carbonyl (C=O) groups excluding carboxylic acids is 6. The highest BCUT2D eigenvalue weighted by molar-refractivity contribution is 6.00. The maximum atomic E-state index is 13.7. The standard InChI is InChI=1S/C32H47N3O10/c1-20(2)27(36)42-16-12-33-30(39)34(13-17-43-28(37)21(3)4)31(40)35(14-18-44-29(38)22(5)6)32(41)45-15-11-24-19-23(7)25-9-8-10-26(24)25/h23-26H,1,3,5,8-19H2,2,4,6-7H3,(H,33,39). The molecule has 0 aromatic rings. The quantitative estimate of drug-likeness (QED) is 0.119. The zero-order valence-electron chi connectivity index (χ0n) is 26.9. The zero-order chi connectivity index (χ0) is 33.7. The Hall–Kier alpha value is -4.16. The molecule has 0 bridgehead atoms. The molecule has 4 unspecified atom stereocenters. The number of hydrogen-bond acceptors (Lipinski definition) is 10. The van der Waals surface area contributed by atoms with Crippen LogP contribution in [0.1, 0.15) is 59.8 Å². The Labute approximate surface area is 264 Å². The van der Waals surface area contributed by atoms with E-state index in [0.29, 0.717) is 39.9 Å². The number of nitrogens with zero attached hydrogens (tertiary/aromatic N) is 2. The van der Waals surface area contributed by atoms with Crippen LogP contribution in [0.2, 0.25) is 0 Å². The lowest BCUT2D eigenvalue weighted by Gasteiger charge is -2.28. The third kappa shape index (κ3) is 11.4. The first-order valence-corrected chi connectivity index (χ1v) is 15.3. The maximum Gasteiger partial charge on any atom is 0.418 e. The molecule has 0 aliphatic heterocycles. The Morgan fingerprint density at radius 3 is 1.78 bits per heavy atom. The Bertz CT molecular complexity index is 1170. The van der Waals surface area contributed by atoms with E-state index in [1.807, 2.05) is 0 Å². The third-order valence-electron chi connectivity index (χ3n) is 8.03. The summed E-state index contributed by atoms with van der Waals surface area (Å²) in [7, 11) is 0. The minimum Gasteiger partial charge on any atom is -0.460 e. The fraction of sp³-hybridized carbons (Fsp3) is 0.625. The van der Waals surface area contributed by atoms with Crippen LogP contribution < -0.4 is 5.32 Å². The molecule has 0 saturated heterocycles. The van der Waals surface area contributed by atoms with Crippen molar-refractivity contribution in [3.63, 3.8) is 0 Å². The van der Waals surface area contributed by atoms with Crippen molar-refractivity contribution in [2.75, 3.05) is 46.1 Å². The van der Waals surface area contributed by atoms with Gasteiger partial charge in [-0.05, 0) is 70.1 Å². The monoisotopic (exact) mass is 633 g/mol. The average Bonchev–Trinajstić information content (AvgIpc) is 3.58. The zero-order valence-corrected chi connectivity index (χ0v) is 26.9. The molecule has 250 valence electrons. The normalized spacial score (nSPS) is 19.8. The molecule has 13 nitrogen and oxygen atoms in total. The van der Waals surface area contributed by atoms with Crippen LogP contribution in [-0.4, -0.2) is 91.9 Å². The van der Waals surface area contributed by atoms with Crippen LogP contribution in [0.4, 0.5) is 14.4 Å². The van der Waals surface area contributed by atoms with Crippen molar-refractivity contribution in [3.05, 3.63) is 36.5 Å². The number of esters is 3. The summed E-state index contributed by atoms with van der Waals surface area (Å²) >= 11 is 0. The number of nitrogens with one attached hydrogen (secondary N) is 1. The Morgan fingerprint density at radius 2 is 1.22 bits per heavy atom. The molecule has 2 rings (SSSR count). The molecule has 2 aliphatic rings. The van der Waals surface area contributed by atoms with Crippen LogP contribution in [-0.2, 0) is 33.3 Å². The van der Waals surface area contributed by atoms with Gasteiger partial charge in [-0.3, -0.25) is 0 Å². The molecule has 5 amide bonds. The summed E-state index contributed by atoms with van der Waals surface area (Å²) in [6, 6.07) is -2.05. The summed E-state index contributed by atoms with van der Waals surface area (Å²) in [6.07, 6.45) is 4.28. The number of rotatable bonds is 15. The number of fused-ring (bicyclic) bond motifs is 1. The Kier molecular flexibility index (Phi) is 14.8. The molecule has 45 heavy (non-hydrogen) atoms. The number of ether oxygens (including phenoxy) is 4. The van der Waals surface area contributed by atoms with Gasteiger partial charge in [-0.2, -0.15) is 0 Å². The first-order chi connectivity index (χ1) is 21.2. The maximum absolute atomic E-state index is 13.7. The second-order valence-corrected chi connectivity index (χ2v) is 11.7. The van der Waals surface area contributed by atoms with Gasteiger partial charge in [0, 0.05) is 16.7 Å². The molecular weight excluding hydrogens is 586 g/mol. The van der Waals surface area contributed by atoms with E-state index in [-0.39, 0.29) is 43.1 Å². The molecule has 0 radical (unpaired) electrons. The SMILES string of the molecule is C=C(C)C(=O)OCCNC(=O)N(CCOC(=O)C(=C)C)C(=O)N(CCOC(=O)C(=C)C)C(=O)OCCC1CC(C)C2CCCC12. The first kappa shape index (κ1) is 37.0. The molecule has 0 spiro atoms. The molecule has 4 atom stereocenters. The van der Waals surface area contributed by atoms with Crippen molar-refractivity contribution in [2.24, 2.45) is 23.7 Å². The number of hydrogen-bond donors (Lipinski definition) is 1. The highest BCUT2D eigenvalue weighted by atomic mass is 16.6. The molecule has 1 N–H and O–H groups in total. The Morgan fingerprint density at radius 1 is 0.711 bits per heavy atom.